The largest absolute Gasteiger partial charge is 0.507 e. The van der Waals surface area contributed by atoms with Crippen LogP contribution in [-0.4, -0.2) is 16.2 Å². The van der Waals surface area contributed by atoms with E-state index in [0.717, 1.165) is 42.4 Å². The van der Waals surface area contributed by atoms with Crippen LogP contribution in [0.3, 0.4) is 0 Å². The first-order valence-corrected chi connectivity index (χ1v) is 9.82. The van der Waals surface area contributed by atoms with Crippen molar-refractivity contribution in [2.24, 2.45) is 0 Å². The Bertz CT molecular complexity index is 627. The first-order valence-electron chi connectivity index (χ1n) is 9.82. The Kier molecular flexibility index (Phi) is 7.49. The van der Waals surface area contributed by atoms with Crippen LogP contribution in [0.1, 0.15) is 97.3 Å². The zero-order valence-electron chi connectivity index (χ0n) is 17.6. The van der Waals surface area contributed by atoms with Crippen LogP contribution in [0.5, 0.6) is 5.75 Å². The molecule has 0 spiro atoms. The van der Waals surface area contributed by atoms with E-state index in [-0.39, 0.29) is 10.8 Å². The molecule has 0 saturated heterocycles. The fourth-order valence-electron chi connectivity index (χ4n) is 3.81. The number of carboxylic acid groups (broad SMARTS) is 1. The van der Waals surface area contributed by atoms with E-state index in [0.29, 0.717) is 17.7 Å². The second-order valence-electron chi connectivity index (χ2n) is 8.56. The summed E-state index contributed by atoms with van der Waals surface area (Å²) in [6, 6.07) is 3.93. The Morgan fingerprint density at radius 2 is 1.38 bits per heavy atom. The average Bonchev–Trinajstić information content (AvgIpc) is 2.52. The highest BCUT2D eigenvalue weighted by molar-refractivity contribution is 5.92. The summed E-state index contributed by atoms with van der Waals surface area (Å²) >= 11 is 0. The van der Waals surface area contributed by atoms with Crippen LogP contribution in [0.4, 0.5) is 0 Å². The molecule has 0 radical (unpaired) electrons. The van der Waals surface area contributed by atoms with E-state index in [1.54, 1.807) is 6.08 Å². The number of phenolic OH excluding ortho intramolecular Hbond substituents is 1. The molecule has 0 aliphatic heterocycles. The molecular formula is C23H36O3. The lowest BCUT2D eigenvalue weighted by Crippen LogP contribution is -2.22. The van der Waals surface area contributed by atoms with Crippen molar-refractivity contribution in [2.75, 3.05) is 0 Å². The fraction of sp³-hybridized carbons (Fsp3) is 0.609. The van der Waals surface area contributed by atoms with Crippen LogP contribution >= 0.6 is 0 Å². The van der Waals surface area contributed by atoms with Gasteiger partial charge in [-0.15, -0.1) is 0 Å². The van der Waals surface area contributed by atoms with E-state index in [9.17, 15) is 15.0 Å². The zero-order valence-corrected chi connectivity index (χ0v) is 17.6. The summed E-state index contributed by atoms with van der Waals surface area (Å²) in [7, 11) is 0. The smallest absolute Gasteiger partial charge is 0.331 e. The lowest BCUT2D eigenvalue weighted by atomic mass is 9.73. The van der Waals surface area contributed by atoms with Gasteiger partial charge in [0.15, 0.2) is 0 Å². The Morgan fingerprint density at radius 3 is 1.69 bits per heavy atom. The maximum atomic E-state index is 11.5. The summed E-state index contributed by atoms with van der Waals surface area (Å²) in [6.07, 6.45) is 6.18. The predicted molar refractivity (Wildman–Crippen MR) is 110 cm³/mol. The molecule has 3 nitrogen and oxygen atoms in total. The molecule has 0 amide bonds. The summed E-state index contributed by atoms with van der Waals surface area (Å²) in [6.45, 7) is 14.7. The van der Waals surface area contributed by atoms with E-state index < -0.39 is 5.97 Å². The van der Waals surface area contributed by atoms with Gasteiger partial charge >= 0.3 is 5.97 Å². The number of benzene rings is 1. The van der Waals surface area contributed by atoms with Crippen molar-refractivity contribution in [1.82, 2.24) is 0 Å². The molecule has 0 atom stereocenters. The minimum atomic E-state index is -0.885. The van der Waals surface area contributed by atoms with Crippen molar-refractivity contribution < 1.29 is 15.0 Å². The van der Waals surface area contributed by atoms with E-state index in [1.807, 2.05) is 19.1 Å². The molecule has 0 saturated carbocycles. The Labute approximate surface area is 159 Å². The second-order valence-corrected chi connectivity index (χ2v) is 8.56. The molecule has 0 aromatic heterocycles. The minimum Gasteiger partial charge on any atom is -0.507 e. The second kappa shape index (κ2) is 8.75. The summed E-state index contributed by atoms with van der Waals surface area (Å²) in [5, 5.41) is 20.5. The molecule has 1 aromatic rings. The van der Waals surface area contributed by atoms with E-state index in [2.05, 4.69) is 41.5 Å². The molecule has 0 bridgehead atoms. The van der Waals surface area contributed by atoms with Crippen molar-refractivity contribution in [3.05, 3.63) is 34.4 Å². The van der Waals surface area contributed by atoms with Gasteiger partial charge < -0.3 is 10.2 Å². The number of carbonyl (C=O) groups is 1. The molecule has 146 valence electrons. The first kappa shape index (κ1) is 22.3. The molecule has 0 aliphatic carbocycles. The van der Waals surface area contributed by atoms with Crippen molar-refractivity contribution in [3.8, 4) is 5.75 Å². The number of phenols is 1. The van der Waals surface area contributed by atoms with Gasteiger partial charge in [0.1, 0.15) is 5.75 Å². The highest BCUT2D eigenvalue weighted by atomic mass is 16.4. The van der Waals surface area contributed by atoms with Crippen LogP contribution in [-0.2, 0) is 15.6 Å². The van der Waals surface area contributed by atoms with Gasteiger partial charge in [-0.1, -0.05) is 61.3 Å². The molecular weight excluding hydrogens is 324 g/mol. The van der Waals surface area contributed by atoms with Gasteiger partial charge in [-0.3, -0.25) is 0 Å². The van der Waals surface area contributed by atoms with Gasteiger partial charge in [-0.2, -0.15) is 0 Å². The van der Waals surface area contributed by atoms with Crippen molar-refractivity contribution in [3.63, 3.8) is 0 Å². The maximum absolute atomic E-state index is 11.5. The van der Waals surface area contributed by atoms with Gasteiger partial charge in [0.2, 0.25) is 0 Å². The molecule has 1 rings (SSSR count). The number of aliphatic carboxylic acids is 1. The van der Waals surface area contributed by atoms with Crippen LogP contribution in [0.15, 0.2) is 17.7 Å². The fourth-order valence-corrected chi connectivity index (χ4v) is 3.81. The SMILES string of the molecule is CCCC(C)(C)c1cc(C=C(CC)C(=O)O)cc(C(C)(C)CCC)c1O. The third-order valence-electron chi connectivity index (χ3n) is 5.34. The molecule has 0 aliphatic rings. The molecule has 1 aromatic carbocycles. The molecule has 3 heteroatoms. The molecule has 0 heterocycles. The van der Waals surface area contributed by atoms with Gasteiger partial charge in [-0.05, 0) is 53.9 Å². The van der Waals surface area contributed by atoms with Crippen molar-refractivity contribution in [2.45, 2.75) is 91.4 Å². The first-order chi connectivity index (χ1) is 12.0. The highest BCUT2D eigenvalue weighted by Crippen LogP contribution is 2.43. The van der Waals surface area contributed by atoms with Crippen LogP contribution in [0.25, 0.3) is 6.08 Å². The van der Waals surface area contributed by atoms with Gasteiger partial charge in [0, 0.05) is 16.7 Å². The zero-order chi connectivity index (χ0) is 20.1. The van der Waals surface area contributed by atoms with Crippen LogP contribution in [0, 0.1) is 0 Å². The van der Waals surface area contributed by atoms with E-state index >= 15 is 0 Å². The number of aromatic hydroxyl groups is 1. The average molecular weight is 361 g/mol. The number of rotatable bonds is 9. The molecule has 0 unspecified atom stereocenters. The number of hydrogen-bond acceptors (Lipinski definition) is 2. The number of carboxylic acids is 1. The molecule has 0 fully saturated rings. The Morgan fingerprint density at radius 1 is 0.962 bits per heavy atom. The van der Waals surface area contributed by atoms with Crippen molar-refractivity contribution >= 4 is 12.0 Å². The lowest BCUT2D eigenvalue weighted by Gasteiger charge is -2.32. The minimum absolute atomic E-state index is 0.171. The molecule has 2 N–H and O–H groups in total. The Hall–Kier alpha value is -1.77. The summed E-state index contributed by atoms with van der Waals surface area (Å²) in [5.41, 5.74) is 2.72. The topological polar surface area (TPSA) is 57.5 Å². The summed E-state index contributed by atoms with van der Waals surface area (Å²) < 4.78 is 0. The van der Waals surface area contributed by atoms with Gasteiger partial charge in [0.25, 0.3) is 0 Å². The monoisotopic (exact) mass is 360 g/mol. The van der Waals surface area contributed by atoms with E-state index in [4.69, 9.17) is 0 Å². The predicted octanol–water partition coefficient (Wildman–Crippen LogP) is 6.43. The highest BCUT2D eigenvalue weighted by Gasteiger charge is 2.30. The standard InChI is InChI=1S/C23H36O3/c1-8-11-22(4,5)18-14-16(13-17(10-3)21(25)26)15-19(20(18)24)23(6,7)12-9-2/h13-15,24H,8-12H2,1-7H3,(H,25,26). The lowest BCUT2D eigenvalue weighted by molar-refractivity contribution is -0.132. The Balaban J connectivity index is 3.71. The van der Waals surface area contributed by atoms with Crippen molar-refractivity contribution in [1.29, 1.82) is 0 Å². The third-order valence-corrected chi connectivity index (χ3v) is 5.34. The quantitative estimate of drug-likeness (QED) is 0.499. The normalized spacial score (nSPS) is 13.1. The van der Waals surface area contributed by atoms with Gasteiger partial charge in [0.05, 0.1) is 0 Å². The number of hydrogen-bond donors (Lipinski definition) is 2. The van der Waals surface area contributed by atoms with Crippen LogP contribution < -0.4 is 0 Å². The third kappa shape index (κ3) is 5.12. The maximum Gasteiger partial charge on any atom is 0.331 e. The van der Waals surface area contributed by atoms with Gasteiger partial charge in [-0.25, -0.2) is 4.79 Å². The van der Waals surface area contributed by atoms with Crippen LogP contribution in [0.2, 0.25) is 0 Å². The van der Waals surface area contributed by atoms with E-state index in [1.165, 1.54) is 0 Å². The summed E-state index contributed by atoms with van der Waals surface area (Å²) in [5.74, 6) is -0.517. The summed E-state index contributed by atoms with van der Waals surface area (Å²) in [4.78, 5) is 11.5. The molecule has 26 heavy (non-hydrogen) atoms.